The molecule has 23 heavy (non-hydrogen) atoms. The smallest absolute Gasteiger partial charge is 0.237 e. The lowest BCUT2D eigenvalue weighted by molar-refractivity contribution is -0.115. The van der Waals surface area contributed by atoms with Crippen LogP contribution in [0.25, 0.3) is 0 Å². The molecular weight excluding hydrogens is 312 g/mol. The van der Waals surface area contributed by atoms with Crippen molar-refractivity contribution in [1.82, 2.24) is 15.2 Å². The minimum absolute atomic E-state index is 0.0307. The molecule has 1 fully saturated rings. The van der Waals surface area contributed by atoms with Gasteiger partial charge in [0, 0.05) is 17.2 Å². The molecule has 1 saturated carbocycles. The number of thioether (sulfide) groups is 1. The number of ketones is 1. The van der Waals surface area contributed by atoms with E-state index in [0.29, 0.717) is 22.3 Å². The number of hydrogen-bond donors (Lipinski definition) is 2. The van der Waals surface area contributed by atoms with Gasteiger partial charge in [0.05, 0.1) is 5.25 Å². The SMILES string of the molecule is CC(=O)c1cccc(NC(=O)C(C)Sc2n[nH]c(C3CC3)n2)c1. The summed E-state index contributed by atoms with van der Waals surface area (Å²) in [5.74, 6) is 1.25. The predicted molar refractivity (Wildman–Crippen MR) is 88.8 cm³/mol. The van der Waals surface area contributed by atoms with E-state index in [1.54, 1.807) is 24.3 Å². The summed E-state index contributed by atoms with van der Waals surface area (Å²) in [5, 5.41) is 10.2. The lowest BCUT2D eigenvalue weighted by Crippen LogP contribution is -2.22. The first-order valence-corrected chi connectivity index (χ1v) is 8.41. The summed E-state index contributed by atoms with van der Waals surface area (Å²) in [7, 11) is 0. The molecule has 1 amide bonds. The number of nitrogens with zero attached hydrogens (tertiary/aromatic N) is 2. The van der Waals surface area contributed by atoms with Crippen LogP contribution in [0.1, 0.15) is 48.8 Å². The number of nitrogens with one attached hydrogen (secondary N) is 2. The first-order chi connectivity index (χ1) is 11.0. The molecule has 0 aliphatic heterocycles. The highest BCUT2D eigenvalue weighted by Crippen LogP contribution is 2.38. The average Bonchev–Trinajstić information content (AvgIpc) is 3.27. The minimum Gasteiger partial charge on any atom is -0.325 e. The molecule has 1 aromatic heterocycles. The second-order valence-corrected chi connectivity index (χ2v) is 6.97. The maximum absolute atomic E-state index is 12.3. The van der Waals surface area contributed by atoms with Crippen LogP contribution in [0.4, 0.5) is 5.69 Å². The van der Waals surface area contributed by atoms with Gasteiger partial charge in [-0.3, -0.25) is 14.7 Å². The largest absolute Gasteiger partial charge is 0.325 e. The van der Waals surface area contributed by atoms with Gasteiger partial charge in [-0.15, -0.1) is 5.10 Å². The number of anilines is 1. The predicted octanol–water partition coefficient (Wildman–Crippen LogP) is 3.00. The van der Waals surface area contributed by atoms with Crippen LogP contribution in [0.3, 0.4) is 0 Å². The average molecular weight is 330 g/mol. The highest BCUT2D eigenvalue weighted by Gasteiger charge is 2.27. The Kier molecular flexibility index (Phi) is 4.47. The van der Waals surface area contributed by atoms with E-state index < -0.39 is 0 Å². The van der Waals surface area contributed by atoms with Gasteiger partial charge in [-0.25, -0.2) is 4.98 Å². The summed E-state index contributed by atoms with van der Waals surface area (Å²) in [4.78, 5) is 28.1. The molecule has 0 bridgehead atoms. The molecule has 3 rings (SSSR count). The van der Waals surface area contributed by atoms with Crippen LogP contribution in [0.5, 0.6) is 0 Å². The van der Waals surface area contributed by atoms with E-state index in [1.807, 2.05) is 6.92 Å². The van der Waals surface area contributed by atoms with E-state index in [2.05, 4.69) is 20.5 Å². The van der Waals surface area contributed by atoms with Crippen LogP contribution in [-0.4, -0.2) is 32.1 Å². The Morgan fingerprint density at radius 2 is 2.17 bits per heavy atom. The second-order valence-electron chi connectivity index (χ2n) is 5.66. The summed E-state index contributed by atoms with van der Waals surface area (Å²) < 4.78 is 0. The van der Waals surface area contributed by atoms with E-state index >= 15 is 0 Å². The highest BCUT2D eigenvalue weighted by molar-refractivity contribution is 8.00. The first-order valence-electron chi connectivity index (χ1n) is 7.54. The minimum atomic E-state index is -0.334. The topological polar surface area (TPSA) is 87.7 Å². The van der Waals surface area contributed by atoms with Crippen molar-refractivity contribution in [2.45, 2.75) is 43.0 Å². The molecule has 1 unspecified atom stereocenters. The van der Waals surface area contributed by atoms with E-state index in [0.717, 1.165) is 18.7 Å². The number of rotatable bonds is 6. The molecule has 2 aromatic rings. The zero-order chi connectivity index (χ0) is 16.4. The van der Waals surface area contributed by atoms with Crippen molar-refractivity contribution in [3.05, 3.63) is 35.7 Å². The number of aromatic nitrogens is 3. The Hall–Kier alpha value is -2.15. The van der Waals surface area contributed by atoms with E-state index in [1.165, 1.54) is 18.7 Å². The van der Waals surface area contributed by atoms with Gasteiger partial charge in [-0.05, 0) is 38.8 Å². The number of Topliss-reactive ketones (excluding diaryl/α,β-unsaturated/α-hetero) is 1. The van der Waals surface area contributed by atoms with Gasteiger partial charge in [-0.1, -0.05) is 23.9 Å². The normalized spacial score (nSPS) is 15.2. The number of benzene rings is 1. The summed E-state index contributed by atoms with van der Waals surface area (Å²) in [6.07, 6.45) is 2.31. The van der Waals surface area contributed by atoms with Crippen molar-refractivity contribution in [3.8, 4) is 0 Å². The maximum atomic E-state index is 12.3. The molecule has 0 saturated heterocycles. The summed E-state index contributed by atoms with van der Waals surface area (Å²) in [5.41, 5.74) is 1.19. The van der Waals surface area contributed by atoms with E-state index in [-0.39, 0.29) is 16.9 Å². The first kappa shape index (κ1) is 15.7. The fourth-order valence-corrected chi connectivity index (χ4v) is 2.85. The monoisotopic (exact) mass is 330 g/mol. The van der Waals surface area contributed by atoms with Crippen molar-refractivity contribution in [3.63, 3.8) is 0 Å². The van der Waals surface area contributed by atoms with Crippen LogP contribution in [-0.2, 0) is 4.79 Å². The van der Waals surface area contributed by atoms with Crippen LogP contribution in [0.15, 0.2) is 29.4 Å². The van der Waals surface area contributed by atoms with Crippen molar-refractivity contribution in [1.29, 1.82) is 0 Å². The van der Waals surface area contributed by atoms with Gasteiger partial charge >= 0.3 is 0 Å². The van der Waals surface area contributed by atoms with E-state index in [9.17, 15) is 9.59 Å². The molecule has 2 N–H and O–H groups in total. The van der Waals surface area contributed by atoms with Gasteiger partial charge in [0.25, 0.3) is 0 Å². The number of H-pyrrole nitrogens is 1. The van der Waals surface area contributed by atoms with Crippen LogP contribution < -0.4 is 5.32 Å². The zero-order valence-electron chi connectivity index (χ0n) is 13.0. The molecule has 0 spiro atoms. The Morgan fingerprint density at radius 1 is 1.39 bits per heavy atom. The van der Waals surface area contributed by atoms with Gasteiger partial charge in [-0.2, -0.15) is 0 Å². The summed E-state index contributed by atoms with van der Waals surface area (Å²) >= 11 is 1.31. The quantitative estimate of drug-likeness (QED) is 0.628. The van der Waals surface area contributed by atoms with Crippen molar-refractivity contribution < 1.29 is 9.59 Å². The molecule has 1 atom stereocenters. The lowest BCUT2D eigenvalue weighted by Gasteiger charge is -2.10. The van der Waals surface area contributed by atoms with Gasteiger partial charge in [0.2, 0.25) is 11.1 Å². The third-order valence-electron chi connectivity index (χ3n) is 3.63. The molecule has 1 heterocycles. The number of aromatic amines is 1. The van der Waals surface area contributed by atoms with Crippen molar-refractivity contribution in [2.75, 3.05) is 5.32 Å². The zero-order valence-corrected chi connectivity index (χ0v) is 13.8. The third-order valence-corrected chi connectivity index (χ3v) is 4.60. The molecule has 7 heteroatoms. The fraction of sp³-hybridized carbons (Fsp3) is 0.375. The highest BCUT2D eigenvalue weighted by atomic mass is 32.2. The van der Waals surface area contributed by atoms with Crippen LogP contribution in [0.2, 0.25) is 0 Å². The third kappa shape index (κ3) is 3.98. The molecule has 1 aliphatic carbocycles. The van der Waals surface area contributed by atoms with Crippen molar-refractivity contribution in [2.24, 2.45) is 0 Å². The van der Waals surface area contributed by atoms with Crippen LogP contribution >= 0.6 is 11.8 Å². The fourth-order valence-electron chi connectivity index (χ4n) is 2.12. The molecule has 0 radical (unpaired) electrons. The Bertz CT molecular complexity index is 739. The Morgan fingerprint density at radius 3 is 2.87 bits per heavy atom. The van der Waals surface area contributed by atoms with Gasteiger partial charge < -0.3 is 5.32 Å². The van der Waals surface area contributed by atoms with E-state index in [4.69, 9.17) is 0 Å². The molecule has 1 aliphatic rings. The number of carbonyl (C=O) groups is 2. The van der Waals surface area contributed by atoms with Gasteiger partial charge in [0.15, 0.2) is 5.78 Å². The Labute approximate surface area is 138 Å². The number of carbonyl (C=O) groups excluding carboxylic acids is 2. The molecule has 1 aromatic carbocycles. The standard InChI is InChI=1S/C16H18N4O2S/c1-9(21)12-4-3-5-13(8-12)17-15(22)10(2)23-16-18-14(19-20-16)11-6-7-11/h3-5,8,10-11H,6-7H2,1-2H3,(H,17,22)(H,18,19,20). The van der Waals surface area contributed by atoms with Crippen LogP contribution in [0, 0.1) is 0 Å². The number of amides is 1. The lowest BCUT2D eigenvalue weighted by atomic mass is 10.1. The Balaban J connectivity index is 1.60. The molecule has 6 nitrogen and oxygen atoms in total. The summed E-state index contributed by atoms with van der Waals surface area (Å²) in [6.45, 7) is 3.31. The second kappa shape index (κ2) is 6.54. The molecule has 120 valence electrons. The summed E-state index contributed by atoms with van der Waals surface area (Å²) in [6, 6.07) is 6.92. The maximum Gasteiger partial charge on any atom is 0.237 e. The van der Waals surface area contributed by atoms with Crippen molar-refractivity contribution >= 4 is 29.1 Å². The van der Waals surface area contributed by atoms with Gasteiger partial charge in [0.1, 0.15) is 5.82 Å². The molecular formula is C16H18N4O2S. The number of hydrogen-bond acceptors (Lipinski definition) is 5.